The minimum absolute atomic E-state index is 0.0389. The van der Waals surface area contributed by atoms with Crippen molar-refractivity contribution in [1.29, 1.82) is 0 Å². The summed E-state index contributed by atoms with van der Waals surface area (Å²) in [7, 11) is -3.24. The van der Waals surface area contributed by atoms with Crippen LogP contribution in [0.4, 0.5) is 0 Å². The first kappa shape index (κ1) is 16.9. The maximum absolute atomic E-state index is 10.9. The molecule has 1 fully saturated rings. The van der Waals surface area contributed by atoms with Gasteiger partial charge in [0.2, 0.25) is 0 Å². The molecule has 4 heteroatoms. The predicted octanol–water partition coefficient (Wildman–Crippen LogP) is 4.81. The number of hydrogen-bond donors (Lipinski definition) is 1. The Balaban J connectivity index is 2.42. The average Bonchev–Trinajstić information content (AvgIpc) is 3.04. The number of rotatable bonds is 6. The summed E-state index contributed by atoms with van der Waals surface area (Å²) in [6.45, 7) is 13.8. The lowest BCUT2D eigenvalue weighted by molar-refractivity contribution is 0.0701. The molecular formula is C17H30O2Si2. The highest BCUT2D eigenvalue weighted by atomic mass is 28.4. The lowest BCUT2D eigenvalue weighted by Crippen LogP contribution is -2.44. The molecule has 0 bridgehead atoms. The van der Waals surface area contributed by atoms with E-state index in [1.165, 1.54) is 5.56 Å². The molecule has 1 aromatic rings. The molecule has 0 aromatic heterocycles. The van der Waals surface area contributed by atoms with Crippen LogP contribution in [0.1, 0.15) is 24.5 Å². The van der Waals surface area contributed by atoms with Gasteiger partial charge in [-0.15, -0.1) is 0 Å². The summed E-state index contributed by atoms with van der Waals surface area (Å²) in [6, 6.07) is 10.5. The van der Waals surface area contributed by atoms with Crippen LogP contribution in [0.15, 0.2) is 30.3 Å². The molecule has 0 amide bonds. The molecular weight excluding hydrogens is 292 g/mol. The van der Waals surface area contributed by atoms with E-state index in [9.17, 15) is 5.11 Å². The molecule has 1 aromatic carbocycles. The zero-order valence-corrected chi connectivity index (χ0v) is 16.3. The highest BCUT2D eigenvalue weighted by molar-refractivity contribution is 6.78. The minimum atomic E-state index is -1.68. The second-order valence-electron chi connectivity index (χ2n) is 8.51. The first-order chi connectivity index (χ1) is 9.53. The standard InChI is InChI=1S/C17H30O2Si2/c1-20(2,3)16(17(18)12-13-17)15(19-21(4,5)6)14-10-8-7-9-11-14/h7-11,15-16,18H,12-13H2,1-6H3/t15-,16-/m0/s1. The Hall–Kier alpha value is -0.426. The van der Waals surface area contributed by atoms with Gasteiger partial charge < -0.3 is 9.53 Å². The van der Waals surface area contributed by atoms with Crippen LogP contribution >= 0.6 is 0 Å². The summed E-state index contributed by atoms with van der Waals surface area (Å²) in [4.78, 5) is 0. The van der Waals surface area contributed by atoms with Crippen LogP contribution in [0.25, 0.3) is 0 Å². The van der Waals surface area contributed by atoms with Crippen LogP contribution in [0.3, 0.4) is 0 Å². The van der Waals surface area contributed by atoms with E-state index in [1.54, 1.807) is 0 Å². The van der Waals surface area contributed by atoms with Gasteiger partial charge in [-0.2, -0.15) is 0 Å². The molecule has 0 aliphatic heterocycles. The van der Waals surface area contributed by atoms with Crippen molar-refractivity contribution in [3.63, 3.8) is 0 Å². The summed E-state index contributed by atoms with van der Waals surface area (Å²) < 4.78 is 6.59. The maximum Gasteiger partial charge on any atom is 0.184 e. The van der Waals surface area contributed by atoms with Crippen LogP contribution in [0.2, 0.25) is 44.8 Å². The molecule has 2 atom stereocenters. The second kappa shape index (κ2) is 5.65. The van der Waals surface area contributed by atoms with E-state index in [1.807, 2.05) is 6.07 Å². The molecule has 1 N–H and O–H groups in total. The minimum Gasteiger partial charge on any atom is -0.411 e. The third kappa shape index (κ3) is 4.28. The van der Waals surface area contributed by atoms with Gasteiger partial charge in [0, 0.05) is 5.54 Å². The van der Waals surface area contributed by atoms with Crippen LogP contribution in [0, 0.1) is 0 Å². The average molecular weight is 323 g/mol. The number of hydrogen-bond acceptors (Lipinski definition) is 2. The fourth-order valence-electron chi connectivity index (χ4n) is 3.33. The zero-order chi connectivity index (χ0) is 15.9. The predicted molar refractivity (Wildman–Crippen MR) is 94.9 cm³/mol. The van der Waals surface area contributed by atoms with Crippen LogP contribution in [-0.2, 0) is 4.43 Å². The van der Waals surface area contributed by atoms with Crippen molar-refractivity contribution in [2.24, 2.45) is 0 Å². The maximum atomic E-state index is 10.9. The van der Waals surface area contributed by atoms with Gasteiger partial charge in [0.1, 0.15) is 0 Å². The van der Waals surface area contributed by atoms with Crippen LogP contribution in [-0.4, -0.2) is 27.1 Å². The molecule has 0 unspecified atom stereocenters. The summed E-state index contributed by atoms with van der Waals surface area (Å²) in [5.41, 5.74) is 0.997. The molecule has 21 heavy (non-hydrogen) atoms. The van der Waals surface area contributed by atoms with Gasteiger partial charge in [0.25, 0.3) is 0 Å². The molecule has 1 aliphatic carbocycles. The molecule has 1 saturated carbocycles. The van der Waals surface area contributed by atoms with Gasteiger partial charge in [0.05, 0.1) is 19.8 Å². The smallest absolute Gasteiger partial charge is 0.184 e. The van der Waals surface area contributed by atoms with Crippen LogP contribution in [0.5, 0.6) is 0 Å². The highest BCUT2D eigenvalue weighted by Crippen LogP contribution is 2.56. The fourth-order valence-corrected chi connectivity index (χ4v) is 7.57. The molecule has 2 rings (SSSR count). The van der Waals surface area contributed by atoms with Crippen molar-refractivity contribution in [2.45, 2.75) is 69.4 Å². The quantitative estimate of drug-likeness (QED) is 0.761. The second-order valence-corrected chi connectivity index (χ2v) is 18.3. The summed E-state index contributed by atoms with van der Waals surface area (Å²) >= 11 is 0. The van der Waals surface area contributed by atoms with Crippen LogP contribution < -0.4 is 0 Å². The summed E-state index contributed by atoms with van der Waals surface area (Å²) in [6.07, 6.45) is 1.90. The lowest BCUT2D eigenvalue weighted by Gasteiger charge is -2.42. The largest absolute Gasteiger partial charge is 0.411 e. The van der Waals surface area contributed by atoms with Gasteiger partial charge in [0.15, 0.2) is 8.32 Å². The van der Waals surface area contributed by atoms with E-state index in [0.717, 1.165) is 12.8 Å². The Morgan fingerprint density at radius 3 is 1.90 bits per heavy atom. The Bertz CT molecular complexity index is 465. The highest BCUT2D eigenvalue weighted by Gasteiger charge is 2.56. The monoisotopic (exact) mass is 322 g/mol. The topological polar surface area (TPSA) is 29.5 Å². The van der Waals surface area contributed by atoms with E-state index >= 15 is 0 Å². The fraction of sp³-hybridized carbons (Fsp3) is 0.647. The van der Waals surface area contributed by atoms with Gasteiger partial charge in [-0.05, 0) is 38.0 Å². The van der Waals surface area contributed by atoms with E-state index in [2.05, 4.69) is 63.5 Å². The van der Waals surface area contributed by atoms with E-state index in [4.69, 9.17) is 4.43 Å². The van der Waals surface area contributed by atoms with Crippen molar-refractivity contribution in [3.05, 3.63) is 35.9 Å². The Labute approximate surface area is 131 Å². The number of aliphatic hydroxyl groups is 1. The van der Waals surface area contributed by atoms with E-state index in [0.29, 0.717) is 0 Å². The first-order valence-electron chi connectivity index (χ1n) is 7.98. The Kier molecular flexibility index (Phi) is 4.56. The Morgan fingerprint density at radius 2 is 1.52 bits per heavy atom. The van der Waals surface area contributed by atoms with Gasteiger partial charge in [-0.25, -0.2) is 0 Å². The van der Waals surface area contributed by atoms with Crippen molar-refractivity contribution in [3.8, 4) is 0 Å². The van der Waals surface area contributed by atoms with Crippen molar-refractivity contribution < 1.29 is 9.53 Å². The molecule has 118 valence electrons. The SMILES string of the molecule is C[Si](C)(C)O[C@@H](c1ccccc1)[C@@H](C1(O)CC1)[Si](C)(C)C. The van der Waals surface area contributed by atoms with Gasteiger partial charge in [-0.1, -0.05) is 50.0 Å². The third-order valence-corrected chi connectivity index (χ3v) is 7.85. The molecule has 0 spiro atoms. The molecule has 0 heterocycles. The van der Waals surface area contributed by atoms with E-state index in [-0.39, 0.29) is 11.6 Å². The number of benzene rings is 1. The van der Waals surface area contributed by atoms with Gasteiger partial charge in [-0.3, -0.25) is 0 Å². The molecule has 1 aliphatic rings. The molecule has 2 nitrogen and oxygen atoms in total. The molecule has 0 radical (unpaired) electrons. The van der Waals surface area contributed by atoms with Crippen molar-refractivity contribution in [1.82, 2.24) is 0 Å². The third-order valence-electron chi connectivity index (χ3n) is 4.19. The first-order valence-corrected chi connectivity index (χ1v) is 15.0. The summed E-state index contributed by atoms with van der Waals surface area (Å²) in [5.74, 6) is 0. The molecule has 0 saturated heterocycles. The summed E-state index contributed by atoms with van der Waals surface area (Å²) in [5, 5.41) is 10.9. The lowest BCUT2D eigenvalue weighted by atomic mass is 10.0. The zero-order valence-electron chi connectivity index (χ0n) is 14.3. The van der Waals surface area contributed by atoms with E-state index < -0.39 is 22.0 Å². The van der Waals surface area contributed by atoms with Crippen molar-refractivity contribution in [2.75, 3.05) is 0 Å². The van der Waals surface area contributed by atoms with Crippen molar-refractivity contribution >= 4 is 16.4 Å². The van der Waals surface area contributed by atoms with Gasteiger partial charge >= 0.3 is 0 Å². The Morgan fingerprint density at radius 1 is 1.00 bits per heavy atom. The normalized spacial score (nSPS) is 20.9.